The highest BCUT2D eigenvalue weighted by atomic mass is 32.1. The van der Waals surface area contributed by atoms with Crippen molar-refractivity contribution in [3.63, 3.8) is 0 Å². The summed E-state index contributed by atoms with van der Waals surface area (Å²) in [4.78, 5) is 38.4. The Morgan fingerprint density at radius 2 is 2.38 bits per heavy atom. The predicted octanol–water partition coefficient (Wildman–Crippen LogP) is -0.327. The Kier molecular flexibility index (Phi) is 4.09. The van der Waals surface area contributed by atoms with Crippen LogP contribution in [0.15, 0.2) is 10.5 Å². The molecule has 1 rings (SSSR count). The fraction of sp³-hybridized carbons (Fsp3) is 0. The summed E-state index contributed by atoms with van der Waals surface area (Å²) in [6.07, 6.45) is 0.405. The first-order valence-electron chi connectivity index (χ1n) is 3.76. The van der Waals surface area contributed by atoms with Gasteiger partial charge in [0.2, 0.25) is 12.1 Å². The molecule has 0 atom stereocenters. The first-order chi connectivity index (χ1) is 7.69. The zero-order chi connectivity index (χ0) is 12.0. The first-order valence-corrected chi connectivity index (χ1v) is 4.64. The number of hydrogen-bond donors (Lipinski definition) is 2. The lowest BCUT2D eigenvalue weighted by molar-refractivity contribution is -0.130. The number of nitrogens with one attached hydrogen (secondary N) is 1. The van der Waals surface area contributed by atoms with Crippen molar-refractivity contribution in [2.45, 2.75) is 0 Å². The van der Waals surface area contributed by atoms with Crippen LogP contribution in [0.4, 0.5) is 5.13 Å². The van der Waals surface area contributed by atoms with Crippen LogP contribution in [-0.4, -0.2) is 34.7 Å². The number of hydrogen-bond acceptors (Lipinski definition) is 7. The number of amides is 1. The summed E-state index contributed by atoms with van der Waals surface area (Å²) in [7, 11) is 0. The normalized spacial score (nSPS) is 10.6. The van der Waals surface area contributed by atoms with Crippen molar-refractivity contribution in [3.8, 4) is 0 Å². The molecule has 1 amide bonds. The predicted molar refractivity (Wildman–Crippen MR) is 53.1 cm³/mol. The van der Waals surface area contributed by atoms with E-state index < -0.39 is 11.7 Å². The smallest absolute Gasteiger partial charge is 0.360 e. The lowest BCUT2D eigenvalue weighted by Crippen LogP contribution is -2.15. The standard InChI is InChI=1S/C7H5N3O5S/c11-2-8-7-9-4(1-16-7)5(6(13)14)10-15-3-12/h1-3H,(H,13,14)(H,8,9,11). The molecule has 0 aromatic carbocycles. The van der Waals surface area contributed by atoms with Gasteiger partial charge in [-0.15, -0.1) is 11.3 Å². The quantitative estimate of drug-likeness (QED) is 0.306. The van der Waals surface area contributed by atoms with E-state index >= 15 is 0 Å². The second-order valence-electron chi connectivity index (χ2n) is 2.25. The van der Waals surface area contributed by atoms with Crippen LogP contribution in [0.25, 0.3) is 0 Å². The minimum absolute atomic E-state index is 0.0105. The molecule has 84 valence electrons. The average molecular weight is 243 g/mol. The molecular weight excluding hydrogens is 238 g/mol. The van der Waals surface area contributed by atoms with Gasteiger partial charge in [0.15, 0.2) is 5.13 Å². The van der Waals surface area contributed by atoms with Gasteiger partial charge in [0.1, 0.15) is 5.69 Å². The molecule has 8 nitrogen and oxygen atoms in total. The number of carbonyl (C=O) groups excluding carboxylic acids is 2. The van der Waals surface area contributed by atoms with Crippen LogP contribution >= 0.6 is 11.3 Å². The third kappa shape index (κ3) is 2.85. The fourth-order valence-electron chi connectivity index (χ4n) is 0.769. The number of carboxylic acids is 1. The van der Waals surface area contributed by atoms with Crippen molar-refractivity contribution in [1.29, 1.82) is 0 Å². The molecule has 9 heteroatoms. The third-order valence-corrected chi connectivity index (χ3v) is 2.09. The number of oxime groups is 1. The van der Waals surface area contributed by atoms with Crippen LogP contribution < -0.4 is 5.32 Å². The lowest BCUT2D eigenvalue weighted by Gasteiger charge is -1.94. The van der Waals surface area contributed by atoms with Crippen molar-refractivity contribution in [2.24, 2.45) is 5.16 Å². The third-order valence-electron chi connectivity index (χ3n) is 1.32. The highest BCUT2D eigenvalue weighted by molar-refractivity contribution is 7.14. The van der Waals surface area contributed by atoms with Crippen molar-refractivity contribution < 1.29 is 24.3 Å². The molecule has 1 aromatic rings. The fourth-order valence-corrected chi connectivity index (χ4v) is 1.42. The maximum atomic E-state index is 10.7. The van der Waals surface area contributed by atoms with E-state index in [9.17, 15) is 14.4 Å². The van der Waals surface area contributed by atoms with Crippen LogP contribution in [0.1, 0.15) is 5.69 Å². The molecule has 0 saturated carbocycles. The highest BCUT2D eigenvalue weighted by Gasteiger charge is 2.17. The molecule has 1 heterocycles. The number of carboxylic acid groups (broad SMARTS) is 1. The first kappa shape index (κ1) is 11.8. The monoisotopic (exact) mass is 243 g/mol. The Balaban J connectivity index is 2.97. The van der Waals surface area contributed by atoms with Crippen molar-refractivity contribution in [3.05, 3.63) is 11.1 Å². The summed E-state index contributed by atoms with van der Waals surface area (Å²) in [6, 6.07) is 0. The van der Waals surface area contributed by atoms with Gasteiger partial charge < -0.3 is 15.3 Å². The van der Waals surface area contributed by atoms with E-state index in [1.807, 2.05) is 0 Å². The Bertz CT molecular complexity index is 441. The zero-order valence-corrected chi connectivity index (χ0v) is 8.43. The Labute approximate surface area is 92.5 Å². The topological polar surface area (TPSA) is 118 Å². The molecule has 0 spiro atoms. The lowest BCUT2D eigenvalue weighted by atomic mass is 10.3. The second-order valence-corrected chi connectivity index (χ2v) is 3.10. The maximum Gasteiger partial charge on any atom is 0.360 e. The molecule has 0 bridgehead atoms. The summed E-state index contributed by atoms with van der Waals surface area (Å²) < 4.78 is 0. The van der Waals surface area contributed by atoms with Gasteiger partial charge in [0, 0.05) is 5.38 Å². The Morgan fingerprint density at radius 3 is 2.94 bits per heavy atom. The van der Waals surface area contributed by atoms with Crippen LogP contribution in [0.3, 0.4) is 0 Å². The SMILES string of the molecule is O=CNc1nc(C(=NOC=O)C(=O)O)cs1. The number of carbonyl (C=O) groups is 3. The summed E-state index contributed by atoms with van der Waals surface area (Å²) in [6.45, 7) is -0.0140. The molecule has 2 N–H and O–H groups in total. The summed E-state index contributed by atoms with van der Waals surface area (Å²) in [5, 5.41) is 15.6. The van der Waals surface area contributed by atoms with Gasteiger partial charge in [-0.1, -0.05) is 5.16 Å². The van der Waals surface area contributed by atoms with Gasteiger partial charge in [0.05, 0.1) is 0 Å². The van der Waals surface area contributed by atoms with E-state index in [0.29, 0.717) is 6.41 Å². The van der Waals surface area contributed by atoms with Gasteiger partial charge in [-0.3, -0.25) is 9.59 Å². The number of rotatable bonds is 6. The largest absolute Gasteiger partial charge is 0.476 e. The highest BCUT2D eigenvalue weighted by Crippen LogP contribution is 2.15. The summed E-state index contributed by atoms with van der Waals surface area (Å²) in [5.41, 5.74) is -0.536. The maximum absolute atomic E-state index is 10.7. The van der Waals surface area contributed by atoms with Crippen molar-refractivity contribution in [1.82, 2.24) is 4.98 Å². The van der Waals surface area contributed by atoms with E-state index in [1.165, 1.54) is 5.38 Å². The van der Waals surface area contributed by atoms with E-state index in [4.69, 9.17) is 5.11 Å². The van der Waals surface area contributed by atoms with E-state index in [2.05, 4.69) is 20.3 Å². The molecule has 0 fully saturated rings. The van der Waals surface area contributed by atoms with Crippen LogP contribution in [-0.2, 0) is 19.2 Å². The number of aromatic nitrogens is 1. The number of anilines is 1. The molecule has 0 radical (unpaired) electrons. The minimum Gasteiger partial charge on any atom is -0.476 e. The molecule has 16 heavy (non-hydrogen) atoms. The summed E-state index contributed by atoms with van der Waals surface area (Å²) in [5.74, 6) is -1.40. The van der Waals surface area contributed by atoms with Crippen LogP contribution in [0.2, 0.25) is 0 Å². The second kappa shape index (κ2) is 5.56. The van der Waals surface area contributed by atoms with Crippen molar-refractivity contribution >= 4 is 41.0 Å². The molecule has 0 aliphatic rings. The van der Waals surface area contributed by atoms with Crippen molar-refractivity contribution in [2.75, 3.05) is 5.32 Å². The van der Waals surface area contributed by atoms with E-state index in [0.717, 1.165) is 11.3 Å². The molecule has 0 aliphatic carbocycles. The number of nitrogens with zero attached hydrogens (tertiary/aromatic N) is 2. The minimum atomic E-state index is -1.40. The van der Waals surface area contributed by atoms with Gasteiger partial charge in [0.25, 0.3) is 0 Å². The molecular formula is C7H5N3O5S. The van der Waals surface area contributed by atoms with Gasteiger partial charge >= 0.3 is 12.4 Å². The summed E-state index contributed by atoms with van der Waals surface area (Å²) >= 11 is 1.01. The van der Waals surface area contributed by atoms with Gasteiger partial charge in [-0.2, -0.15) is 0 Å². The van der Waals surface area contributed by atoms with Gasteiger partial charge in [-0.25, -0.2) is 9.78 Å². The molecule has 0 aliphatic heterocycles. The van der Waals surface area contributed by atoms with Gasteiger partial charge in [-0.05, 0) is 0 Å². The Morgan fingerprint density at radius 1 is 1.62 bits per heavy atom. The average Bonchev–Trinajstić information content (AvgIpc) is 2.67. The zero-order valence-electron chi connectivity index (χ0n) is 7.61. The van der Waals surface area contributed by atoms with E-state index in [-0.39, 0.29) is 17.3 Å². The van der Waals surface area contributed by atoms with E-state index in [1.54, 1.807) is 0 Å². The molecule has 1 aromatic heterocycles. The Hall–Kier alpha value is -2.29. The molecule has 0 saturated heterocycles. The van der Waals surface area contributed by atoms with Crippen LogP contribution in [0.5, 0.6) is 0 Å². The van der Waals surface area contributed by atoms with Crippen LogP contribution in [0, 0.1) is 0 Å². The number of thiazole rings is 1. The molecule has 0 unspecified atom stereocenters. The number of aliphatic carboxylic acids is 1.